The lowest BCUT2D eigenvalue weighted by atomic mass is 10.0. The van der Waals surface area contributed by atoms with Crippen molar-refractivity contribution in [2.24, 2.45) is 0 Å². The van der Waals surface area contributed by atoms with Crippen LogP contribution in [0, 0.1) is 0 Å². The summed E-state index contributed by atoms with van der Waals surface area (Å²) in [6.45, 7) is 0.414. The summed E-state index contributed by atoms with van der Waals surface area (Å²) in [7, 11) is -3.66. The van der Waals surface area contributed by atoms with Gasteiger partial charge in [-0.3, -0.25) is 4.98 Å². The Morgan fingerprint density at radius 1 is 1.36 bits per heavy atom. The van der Waals surface area contributed by atoms with Crippen LogP contribution in [0.15, 0.2) is 32.3 Å². The number of benzene rings is 1. The molecule has 22 heavy (non-hydrogen) atoms. The van der Waals surface area contributed by atoms with Crippen molar-refractivity contribution in [3.05, 3.63) is 28.7 Å². The van der Waals surface area contributed by atoms with E-state index in [9.17, 15) is 13.2 Å². The Balaban J connectivity index is 2.00. The minimum absolute atomic E-state index is 0.0369. The van der Waals surface area contributed by atoms with Gasteiger partial charge in [0.2, 0.25) is 10.0 Å². The van der Waals surface area contributed by atoms with Gasteiger partial charge in [-0.2, -0.15) is 4.31 Å². The van der Waals surface area contributed by atoms with E-state index in [0.717, 1.165) is 19.3 Å². The van der Waals surface area contributed by atoms with E-state index in [0.29, 0.717) is 24.1 Å². The molecule has 0 radical (unpaired) electrons. The standard InChI is InChI=1S/C14H18N2O5S/c17-8-6-10-3-1-2-7-16(10)22(19,20)11-4-5-13-12(9-11)15-14(18)21-13/h4-5,9-10,17H,1-3,6-8H2,(H,15,18). The maximum absolute atomic E-state index is 12.8. The van der Waals surface area contributed by atoms with E-state index in [1.807, 2.05) is 0 Å². The molecule has 3 rings (SSSR count). The molecule has 120 valence electrons. The second-order valence-corrected chi connectivity index (χ2v) is 7.34. The molecule has 1 atom stereocenters. The number of hydrogen-bond acceptors (Lipinski definition) is 5. The number of nitrogens with one attached hydrogen (secondary N) is 1. The Kier molecular flexibility index (Phi) is 4.07. The summed E-state index contributed by atoms with van der Waals surface area (Å²) >= 11 is 0. The van der Waals surface area contributed by atoms with Crippen LogP contribution in [-0.4, -0.2) is 42.0 Å². The van der Waals surface area contributed by atoms with Crippen LogP contribution in [0.1, 0.15) is 25.7 Å². The molecule has 1 aromatic carbocycles. The highest BCUT2D eigenvalue weighted by molar-refractivity contribution is 7.89. The molecule has 0 amide bonds. The molecular formula is C14H18N2O5S. The molecular weight excluding hydrogens is 308 g/mol. The highest BCUT2D eigenvalue weighted by atomic mass is 32.2. The van der Waals surface area contributed by atoms with Crippen molar-refractivity contribution in [3.63, 3.8) is 0 Å². The van der Waals surface area contributed by atoms with E-state index in [1.165, 1.54) is 22.5 Å². The number of fused-ring (bicyclic) bond motifs is 1. The van der Waals surface area contributed by atoms with Gasteiger partial charge in [-0.15, -0.1) is 0 Å². The predicted molar refractivity (Wildman–Crippen MR) is 80.1 cm³/mol. The van der Waals surface area contributed by atoms with E-state index in [-0.39, 0.29) is 17.5 Å². The number of rotatable bonds is 4. The molecule has 2 N–H and O–H groups in total. The van der Waals surface area contributed by atoms with Crippen LogP contribution in [0.4, 0.5) is 0 Å². The van der Waals surface area contributed by atoms with Crippen LogP contribution in [0.3, 0.4) is 0 Å². The minimum Gasteiger partial charge on any atom is -0.408 e. The van der Waals surface area contributed by atoms with E-state index in [4.69, 9.17) is 9.52 Å². The molecule has 8 heteroatoms. The normalized spacial score (nSPS) is 20.5. The second-order valence-electron chi connectivity index (χ2n) is 5.45. The molecule has 2 aromatic rings. The highest BCUT2D eigenvalue weighted by Crippen LogP contribution is 2.28. The maximum Gasteiger partial charge on any atom is 0.417 e. The molecule has 1 unspecified atom stereocenters. The third kappa shape index (κ3) is 2.69. The number of oxazole rings is 1. The lowest BCUT2D eigenvalue weighted by Gasteiger charge is -2.34. The topological polar surface area (TPSA) is 104 Å². The Bertz CT molecular complexity index is 821. The van der Waals surface area contributed by atoms with Crippen molar-refractivity contribution < 1.29 is 17.9 Å². The Morgan fingerprint density at radius 3 is 2.95 bits per heavy atom. The fraction of sp³-hybridized carbons (Fsp3) is 0.500. The Hall–Kier alpha value is -1.64. The first-order chi connectivity index (χ1) is 10.5. The zero-order chi connectivity index (χ0) is 15.7. The molecule has 0 spiro atoms. The van der Waals surface area contributed by atoms with Gasteiger partial charge in [0.05, 0.1) is 10.4 Å². The van der Waals surface area contributed by atoms with E-state index >= 15 is 0 Å². The molecule has 0 aliphatic carbocycles. The van der Waals surface area contributed by atoms with E-state index in [1.54, 1.807) is 0 Å². The molecule has 1 aromatic heterocycles. The summed E-state index contributed by atoms with van der Waals surface area (Å²) < 4.78 is 32.0. The quantitative estimate of drug-likeness (QED) is 0.874. The number of hydrogen-bond donors (Lipinski definition) is 2. The summed E-state index contributed by atoms with van der Waals surface area (Å²) in [5.41, 5.74) is 0.691. The Morgan fingerprint density at radius 2 is 2.18 bits per heavy atom. The Labute approximate surface area is 127 Å². The van der Waals surface area contributed by atoms with Crippen LogP contribution in [0.2, 0.25) is 0 Å². The van der Waals surface area contributed by atoms with Gasteiger partial charge in [-0.05, 0) is 37.5 Å². The lowest BCUT2D eigenvalue weighted by Crippen LogP contribution is -2.44. The number of aliphatic hydroxyl groups is 1. The van der Waals surface area contributed by atoms with Crippen molar-refractivity contribution >= 4 is 21.1 Å². The fourth-order valence-electron chi connectivity index (χ4n) is 2.95. The number of H-pyrrole nitrogens is 1. The lowest BCUT2D eigenvalue weighted by molar-refractivity contribution is 0.192. The predicted octanol–water partition coefficient (Wildman–Crippen LogP) is 1.05. The van der Waals surface area contributed by atoms with Crippen LogP contribution in [-0.2, 0) is 10.0 Å². The van der Waals surface area contributed by atoms with Crippen LogP contribution in [0.5, 0.6) is 0 Å². The van der Waals surface area contributed by atoms with Crippen molar-refractivity contribution in [2.45, 2.75) is 36.6 Å². The van der Waals surface area contributed by atoms with Crippen molar-refractivity contribution in [3.8, 4) is 0 Å². The number of nitrogens with zero attached hydrogens (tertiary/aromatic N) is 1. The number of aromatic amines is 1. The van der Waals surface area contributed by atoms with Crippen molar-refractivity contribution in [1.82, 2.24) is 9.29 Å². The summed E-state index contributed by atoms with van der Waals surface area (Å²) in [5.74, 6) is -0.610. The molecule has 2 heterocycles. The number of piperidine rings is 1. The largest absolute Gasteiger partial charge is 0.417 e. The van der Waals surface area contributed by atoms with Gasteiger partial charge >= 0.3 is 5.76 Å². The monoisotopic (exact) mass is 326 g/mol. The number of aliphatic hydroxyl groups excluding tert-OH is 1. The van der Waals surface area contributed by atoms with E-state index < -0.39 is 15.8 Å². The highest BCUT2D eigenvalue weighted by Gasteiger charge is 2.33. The molecule has 0 bridgehead atoms. The van der Waals surface area contributed by atoms with Gasteiger partial charge in [-0.25, -0.2) is 13.2 Å². The molecule has 7 nitrogen and oxygen atoms in total. The third-order valence-corrected chi connectivity index (χ3v) is 5.98. The molecule has 1 aliphatic rings. The van der Waals surface area contributed by atoms with Crippen molar-refractivity contribution in [1.29, 1.82) is 0 Å². The number of sulfonamides is 1. The summed E-state index contributed by atoms with van der Waals surface area (Å²) in [4.78, 5) is 13.8. The first kappa shape index (κ1) is 15.3. The fourth-order valence-corrected chi connectivity index (χ4v) is 4.71. The molecule has 1 aliphatic heterocycles. The summed E-state index contributed by atoms with van der Waals surface area (Å²) in [6.07, 6.45) is 2.96. The van der Waals surface area contributed by atoms with E-state index in [2.05, 4.69) is 4.98 Å². The molecule has 0 saturated carbocycles. The van der Waals surface area contributed by atoms with Gasteiger partial charge in [0, 0.05) is 19.2 Å². The zero-order valence-electron chi connectivity index (χ0n) is 12.0. The van der Waals surface area contributed by atoms with Crippen LogP contribution < -0.4 is 5.76 Å². The average Bonchev–Trinajstić information content (AvgIpc) is 2.87. The smallest absolute Gasteiger partial charge is 0.408 e. The summed E-state index contributed by atoms with van der Waals surface area (Å²) in [6, 6.07) is 4.16. The van der Waals surface area contributed by atoms with Gasteiger partial charge < -0.3 is 9.52 Å². The molecule has 1 saturated heterocycles. The minimum atomic E-state index is -3.66. The summed E-state index contributed by atoms with van der Waals surface area (Å²) in [5, 5.41) is 9.14. The van der Waals surface area contributed by atoms with Crippen molar-refractivity contribution in [2.75, 3.05) is 13.2 Å². The van der Waals surface area contributed by atoms with Crippen LogP contribution in [0.25, 0.3) is 11.1 Å². The average molecular weight is 326 g/mol. The van der Waals surface area contributed by atoms with Gasteiger partial charge in [0.1, 0.15) is 0 Å². The first-order valence-electron chi connectivity index (χ1n) is 7.28. The third-order valence-electron chi connectivity index (χ3n) is 4.03. The molecule has 1 fully saturated rings. The van der Waals surface area contributed by atoms with Gasteiger partial charge in [-0.1, -0.05) is 6.42 Å². The second kappa shape index (κ2) is 5.86. The zero-order valence-corrected chi connectivity index (χ0v) is 12.8. The van der Waals surface area contributed by atoms with Gasteiger partial charge in [0.25, 0.3) is 0 Å². The number of aromatic nitrogens is 1. The van der Waals surface area contributed by atoms with Gasteiger partial charge in [0.15, 0.2) is 5.58 Å². The first-order valence-corrected chi connectivity index (χ1v) is 8.72. The maximum atomic E-state index is 12.8. The van der Waals surface area contributed by atoms with Crippen LogP contribution >= 0.6 is 0 Å². The SMILES string of the molecule is O=c1[nH]c2cc(S(=O)(=O)N3CCCCC3CCO)ccc2o1.